The summed E-state index contributed by atoms with van der Waals surface area (Å²) in [7, 11) is 1.61. The zero-order valence-corrected chi connectivity index (χ0v) is 20.5. The fraction of sp³-hybridized carbons (Fsp3) is 0.481. The number of methoxy groups -OCH3 is 1. The van der Waals surface area contributed by atoms with E-state index in [9.17, 15) is 9.59 Å². The minimum atomic E-state index is -0.222. The second-order valence-electron chi connectivity index (χ2n) is 8.93. The molecule has 2 amide bonds. The molecule has 2 aromatic carbocycles. The van der Waals surface area contributed by atoms with E-state index in [2.05, 4.69) is 19.1 Å². The van der Waals surface area contributed by atoms with Gasteiger partial charge >= 0.3 is 0 Å². The molecule has 176 valence electrons. The average molecular weight is 467 g/mol. The van der Waals surface area contributed by atoms with Crippen LogP contribution in [0.25, 0.3) is 0 Å². The molecule has 0 bridgehead atoms. The number of piperidine rings is 1. The molecular weight excluding hydrogens is 432 g/mol. The van der Waals surface area contributed by atoms with Crippen molar-refractivity contribution >= 4 is 23.6 Å². The molecule has 2 aromatic rings. The largest absolute Gasteiger partial charge is 0.497 e. The van der Waals surface area contributed by atoms with Crippen LogP contribution in [0.4, 0.5) is 0 Å². The van der Waals surface area contributed by atoms with Crippen molar-refractivity contribution in [2.45, 2.75) is 50.3 Å². The molecule has 2 heterocycles. The van der Waals surface area contributed by atoms with Gasteiger partial charge in [0.15, 0.2) is 0 Å². The van der Waals surface area contributed by atoms with E-state index in [-0.39, 0.29) is 16.7 Å². The molecule has 0 atom stereocenters. The minimum Gasteiger partial charge on any atom is -0.497 e. The Morgan fingerprint density at radius 1 is 0.970 bits per heavy atom. The van der Waals surface area contributed by atoms with Gasteiger partial charge in [-0.3, -0.25) is 9.59 Å². The van der Waals surface area contributed by atoms with Crippen LogP contribution < -0.4 is 4.74 Å². The number of unbranched alkanes of at least 4 members (excludes halogenated alkanes) is 2. The summed E-state index contributed by atoms with van der Waals surface area (Å²) in [5, 5.41) is 0. The first kappa shape index (κ1) is 23.7. The van der Waals surface area contributed by atoms with Crippen molar-refractivity contribution in [2.75, 3.05) is 32.5 Å². The lowest BCUT2D eigenvalue weighted by molar-refractivity contribution is 0.0497. The molecule has 1 spiro atoms. The van der Waals surface area contributed by atoms with Crippen molar-refractivity contribution < 1.29 is 14.3 Å². The molecule has 0 aliphatic carbocycles. The molecule has 0 saturated carbocycles. The number of likely N-dealkylation sites (tertiary alicyclic amines) is 1. The van der Waals surface area contributed by atoms with E-state index in [1.165, 1.54) is 24.8 Å². The molecule has 0 radical (unpaired) electrons. The predicted octanol–water partition coefficient (Wildman–Crippen LogP) is 5.25. The van der Waals surface area contributed by atoms with Crippen molar-refractivity contribution in [1.82, 2.24) is 9.80 Å². The highest BCUT2D eigenvalue weighted by atomic mass is 32.2. The van der Waals surface area contributed by atoms with E-state index in [4.69, 9.17) is 4.74 Å². The summed E-state index contributed by atoms with van der Waals surface area (Å²) >= 11 is 1.86. The topological polar surface area (TPSA) is 49.9 Å². The molecule has 0 aromatic heterocycles. The average Bonchev–Trinajstić information content (AvgIpc) is 3.27. The highest BCUT2D eigenvalue weighted by molar-refractivity contribution is 8.00. The van der Waals surface area contributed by atoms with E-state index in [0.29, 0.717) is 24.4 Å². The lowest BCUT2D eigenvalue weighted by Crippen LogP contribution is -2.53. The highest BCUT2D eigenvalue weighted by Crippen LogP contribution is 2.44. The molecule has 33 heavy (non-hydrogen) atoms. The van der Waals surface area contributed by atoms with Crippen LogP contribution in [-0.2, 0) is 6.42 Å². The number of amides is 2. The van der Waals surface area contributed by atoms with Gasteiger partial charge in [0.05, 0.1) is 12.0 Å². The summed E-state index contributed by atoms with van der Waals surface area (Å²) in [6, 6.07) is 15.5. The van der Waals surface area contributed by atoms with Crippen LogP contribution >= 0.6 is 11.8 Å². The molecule has 0 N–H and O–H groups in total. The van der Waals surface area contributed by atoms with Crippen LogP contribution in [0.5, 0.6) is 5.75 Å². The summed E-state index contributed by atoms with van der Waals surface area (Å²) in [5.41, 5.74) is 2.72. The van der Waals surface area contributed by atoms with E-state index in [1.54, 1.807) is 7.11 Å². The van der Waals surface area contributed by atoms with Gasteiger partial charge in [-0.15, -0.1) is 11.8 Å². The SMILES string of the molecule is CCCCCc1ccc(C(=O)N2CCC3(CC2)SCCN3C(=O)c2cccc(OC)c2)cc1. The number of rotatable bonds is 7. The maximum Gasteiger partial charge on any atom is 0.255 e. The van der Waals surface area contributed by atoms with Crippen molar-refractivity contribution in [1.29, 1.82) is 0 Å². The molecule has 2 aliphatic heterocycles. The predicted molar refractivity (Wildman–Crippen MR) is 134 cm³/mol. The van der Waals surface area contributed by atoms with Crippen LogP contribution in [0.2, 0.25) is 0 Å². The third-order valence-electron chi connectivity index (χ3n) is 6.84. The smallest absolute Gasteiger partial charge is 0.255 e. The van der Waals surface area contributed by atoms with E-state index in [0.717, 1.165) is 37.1 Å². The highest BCUT2D eigenvalue weighted by Gasteiger charge is 2.47. The lowest BCUT2D eigenvalue weighted by Gasteiger charge is -2.44. The lowest BCUT2D eigenvalue weighted by atomic mass is 9.99. The Balaban J connectivity index is 1.38. The van der Waals surface area contributed by atoms with Gasteiger partial charge in [0, 0.05) is 36.5 Å². The number of benzene rings is 2. The molecule has 2 saturated heterocycles. The van der Waals surface area contributed by atoms with E-state index in [1.807, 2.05) is 58.0 Å². The number of hydrogen-bond acceptors (Lipinski definition) is 4. The molecule has 5 nitrogen and oxygen atoms in total. The van der Waals surface area contributed by atoms with Crippen LogP contribution in [0, 0.1) is 0 Å². The van der Waals surface area contributed by atoms with E-state index < -0.39 is 0 Å². The fourth-order valence-corrected chi connectivity index (χ4v) is 6.31. The third-order valence-corrected chi connectivity index (χ3v) is 8.39. The van der Waals surface area contributed by atoms with Crippen molar-refractivity contribution in [2.24, 2.45) is 0 Å². The van der Waals surface area contributed by atoms with Crippen LogP contribution in [-0.4, -0.2) is 59.0 Å². The number of hydrogen-bond donors (Lipinski definition) is 0. The summed E-state index contributed by atoms with van der Waals surface area (Å²) in [6.07, 6.45) is 6.32. The minimum absolute atomic E-state index is 0.0531. The Bertz CT molecular complexity index is 968. The van der Waals surface area contributed by atoms with E-state index >= 15 is 0 Å². The maximum absolute atomic E-state index is 13.3. The fourth-order valence-electron chi connectivity index (χ4n) is 4.86. The van der Waals surface area contributed by atoms with Gasteiger partial charge in [0.25, 0.3) is 11.8 Å². The molecule has 4 rings (SSSR count). The Morgan fingerprint density at radius 2 is 1.73 bits per heavy atom. The van der Waals surface area contributed by atoms with Crippen molar-refractivity contribution in [3.63, 3.8) is 0 Å². The van der Waals surface area contributed by atoms with Crippen molar-refractivity contribution in [3.8, 4) is 5.75 Å². The van der Waals surface area contributed by atoms with Gasteiger partial charge in [-0.2, -0.15) is 0 Å². The van der Waals surface area contributed by atoms with Crippen LogP contribution in [0.15, 0.2) is 48.5 Å². The number of aryl methyl sites for hydroxylation is 1. The Labute approximate surface area is 201 Å². The summed E-state index contributed by atoms with van der Waals surface area (Å²) in [6.45, 7) is 4.30. The monoisotopic (exact) mass is 466 g/mol. The Morgan fingerprint density at radius 3 is 2.42 bits per heavy atom. The number of carbonyl (C=O) groups excluding carboxylic acids is 2. The second kappa shape index (κ2) is 10.6. The van der Waals surface area contributed by atoms with Gasteiger partial charge < -0.3 is 14.5 Å². The summed E-state index contributed by atoms with van der Waals surface area (Å²) in [4.78, 5) is 30.2. The molecule has 2 aliphatic rings. The summed E-state index contributed by atoms with van der Waals surface area (Å²) < 4.78 is 5.30. The normalized spacial score (nSPS) is 17.4. The second-order valence-corrected chi connectivity index (χ2v) is 10.4. The molecule has 0 unspecified atom stereocenters. The van der Waals surface area contributed by atoms with Crippen LogP contribution in [0.1, 0.15) is 65.3 Å². The Hall–Kier alpha value is -2.47. The molecule has 6 heteroatoms. The van der Waals surface area contributed by atoms with Gasteiger partial charge in [-0.05, 0) is 61.6 Å². The zero-order chi connectivity index (χ0) is 23.3. The first-order valence-corrected chi connectivity index (χ1v) is 13.0. The number of carbonyl (C=O) groups is 2. The standard InChI is InChI=1S/C27H34N2O3S/c1-3-4-5-7-21-10-12-22(13-11-21)25(30)28-16-14-27(15-17-28)29(18-19-33-27)26(31)23-8-6-9-24(20-23)32-2/h6,8-13,20H,3-5,7,14-19H2,1-2H3. The van der Waals surface area contributed by atoms with Crippen molar-refractivity contribution in [3.05, 3.63) is 65.2 Å². The maximum atomic E-state index is 13.3. The van der Waals surface area contributed by atoms with Gasteiger partial charge in [0.2, 0.25) is 0 Å². The third kappa shape index (κ3) is 5.21. The van der Waals surface area contributed by atoms with Gasteiger partial charge in [-0.25, -0.2) is 0 Å². The number of ether oxygens (including phenoxy) is 1. The Kier molecular flexibility index (Phi) is 7.63. The van der Waals surface area contributed by atoms with Gasteiger partial charge in [0.1, 0.15) is 5.75 Å². The van der Waals surface area contributed by atoms with Gasteiger partial charge in [-0.1, -0.05) is 38.0 Å². The van der Waals surface area contributed by atoms with Crippen LogP contribution in [0.3, 0.4) is 0 Å². The molecular formula is C27H34N2O3S. The number of thioether (sulfide) groups is 1. The quantitative estimate of drug-likeness (QED) is 0.523. The molecule has 2 fully saturated rings. The number of nitrogens with zero attached hydrogens (tertiary/aromatic N) is 2. The zero-order valence-electron chi connectivity index (χ0n) is 19.7. The summed E-state index contributed by atoms with van der Waals surface area (Å²) in [5.74, 6) is 1.78. The first-order chi connectivity index (χ1) is 16.1. The first-order valence-electron chi connectivity index (χ1n) is 12.0.